The summed E-state index contributed by atoms with van der Waals surface area (Å²) in [5.41, 5.74) is 4.96. The largest absolute Gasteiger partial charge is 0.457 e. The zero-order valence-corrected chi connectivity index (χ0v) is 21.6. The molecule has 0 atom stereocenters. The van der Waals surface area contributed by atoms with Crippen LogP contribution in [0.3, 0.4) is 0 Å². The van der Waals surface area contributed by atoms with E-state index in [1.807, 2.05) is 24.3 Å². The molecule has 2 aromatic rings. The standard InChI is InChI=1S/C31H38O5/c1-22(2)30(33)35-20-28-16-12-26(13-17-28)10-8-24-4-6-25(7-5-24)9-11-27-14-18-29(19-15-27)21-36-31(34)23(3)32/h12-19,24-25H,1,4-11,20-21H2,2-3H3. The van der Waals surface area contributed by atoms with E-state index in [-0.39, 0.29) is 19.2 Å². The molecule has 0 spiro atoms. The van der Waals surface area contributed by atoms with Crippen LogP contribution in [0.25, 0.3) is 0 Å². The molecule has 1 aliphatic rings. The average molecular weight is 491 g/mol. The fraction of sp³-hybridized carbons (Fsp3) is 0.452. The van der Waals surface area contributed by atoms with Gasteiger partial charge in [-0.3, -0.25) is 4.79 Å². The second-order valence-corrected chi connectivity index (χ2v) is 10.1. The molecule has 5 nitrogen and oxygen atoms in total. The van der Waals surface area contributed by atoms with Gasteiger partial charge in [0.2, 0.25) is 5.78 Å². The number of hydrogen-bond donors (Lipinski definition) is 0. The third kappa shape index (κ3) is 9.10. The van der Waals surface area contributed by atoms with Crippen molar-refractivity contribution in [1.82, 2.24) is 0 Å². The first-order chi connectivity index (χ1) is 17.3. The zero-order chi connectivity index (χ0) is 25.9. The number of carbonyl (C=O) groups excluding carboxylic acids is 3. The SMILES string of the molecule is C=C(C)C(=O)OCc1ccc(CCC2CCC(CCc3ccc(COC(=O)C(C)=O)cc3)CC2)cc1. The van der Waals surface area contributed by atoms with Gasteiger partial charge in [0.25, 0.3) is 0 Å². The van der Waals surface area contributed by atoms with E-state index in [4.69, 9.17) is 9.47 Å². The normalized spacial score (nSPS) is 17.3. The van der Waals surface area contributed by atoms with E-state index < -0.39 is 11.8 Å². The maximum Gasteiger partial charge on any atom is 0.374 e. The van der Waals surface area contributed by atoms with Crippen LogP contribution in [0.2, 0.25) is 0 Å². The minimum absolute atomic E-state index is 0.137. The van der Waals surface area contributed by atoms with Gasteiger partial charge >= 0.3 is 11.9 Å². The molecular weight excluding hydrogens is 452 g/mol. The molecule has 0 radical (unpaired) electrons. The summed E-state index contributed by atoms with van der Waals surface area (Å²) in [6.07, 6.45) is 9.81. The quantitative estimate of drug-likeness (QED) is 0.198. The molecule has 2 aromatic carbocycles. The van der Waals surface area contributed by atoms with Crippen molar-refractivity contribution < 1.29 is 23.9 Å². The summed E-state index contributed by atoms with van der Waals surface area (Å²) < 4.78 is 10.2. The molecule has 0 aromatic heterocycles. The van der Waals surface area contributed by atoms with Crippen molar-refractivity contribution in [2.45, 2.75) is 78.4 Å². The van der Waals surface area contributed by atoms with Crippen LogP contribution in [0.15, 0.2) is 60.7 Å². The van der Waals surface area contributed by atoms with Gasteiger partial charge in [0, 0.05) is 12.5 Å². The van der Waals surface area contributed by atoms with Gasteiger partial charge in [-0.05, 0) is 66.7 Å². The Kier molecular flexibility index (Phi) is 10.5. The minimum Gasteiger partial charge on any atom is -0.457 e. The molecule has 0 N–H and O–H groups in total. The Balaban J connectivity index is 1.31. The Morgan fingerprint density at radius 2 is 1.03 bits per heavy atom. The van der Waals surface area contributed by atoms with Gasteiger partial charge in [0.1, 0.15) is 13.2 Å². The summed E-state index contributed by atoms with van der Waals surface area (Å²) >= 11 is 0. The van der Waals surface area contributed by atoms with E-state index in [9.17, 15) is 14.4 Å². The van der Waals surface area contributed by atoms with Crippen molar-refractivity contribution in [1.29, 1.82) is 0 Å². The smallest absolute Gasteiger partial charge is 0.374 e. The van der Waals surface area contributed by atoms with Crippen LogP contribution in [0.4, 0.5) is 0 Å². The predicted molar refractivity (Wildman–Crippen MR) is 140 cm³/mol. The molecule has 0 unspecified atom stereocenters. The monoisotopic (exact) mass is 490 g/mol. The van der Waals surface area contributed by atoms with Crippen LogP contribution in [-0.2, 0) is 49.9 Å². The van der Waals surface area contributed by atoms with Crippen molar-refractivity contribution in [3.63, 3.8) is 0 Å². The second kappa shape index (κ2) is 13.8. The molecule has 1 saturated carbocycles. The fourth-order valence-electron chi connectivity index (χ4n) is 4.68. The molecule has 3 rings (SSSR count). The fourth-order valence-corrected chi connectivity index (χ4v) is 4.68. The number of hydrogen-bond acceptors (Lipinski definition) is 5. The first-order valence-corrected chi connectivity index (χ1v) is 13.0. The Morgan fingerprint density at radius 3 is 1.39 bits per heavy atom. The summed E-state index contributed by atoms with van der Waals surface area (Å²) in [6.45, 7) is 6.89. The number of Topliss-reactive ketones (excluding diaryl/α,β-unsaturated/α-hetero) is 1. The first-order valence-electron chi connectivity index (χ1n) is 13.0. The molecule has 0 aliphatic heterocycles. The highest BCUT2D eigenvalue weighted by atomic mass is 16.5. The Morgan fingerprint density at radius 1 is 0.667 bits per heavy atom. The summed E-state index contributed by atoms with van der Waals surface area (Å²) in [6, 6.07) is 16.5. The van der Waals surface area contributed by atoms with Gasteiger partial charge in [-0.25, -0.2) is 9.59 Å². The lowest BCUT2D eigenvalue weighted by atomic mass is 9.77. The van der Waals surface area contributed by atoms with Gasteiger partial charge in [0.05, 0.1) is 0 Å². The minimum atomic E-state index is -0.786. The number of ketones is 1. The number of rotatable bonds is 12. The van der Waals surface area contributed by atoms with Crippen molar-refractivity contribution in [3.05, 3.63) is 82.9 Å². The van der Waals surface area contributed by atoms with E-state index in [0.717, 1.165) is 35.8 Å². The molecule has 0 amide bonds. The first kappa shape index (κ1) is 27.4. The molecule has 1 aliphatic carbocycles. The predicted octanol–water partition coefficient (Wildman–Crippen LogP) is 6.31. The van der Waals surface area contributed by atoms with Crippen LogP contribution in [-0.4, -0.2) is 17.7 Å². The maximum atomic E-state index is 11.5. The van der Waals surface area contributed by atoms with Crippen molar-refractivity contribution in [2.24, 2.45) is 11.8 Å². The Hall–Kier alpha value is -3.21. The van der Waals surface area contributed by atoms with E-state index in [2.05, 4.69) is 30.8 Å². The topological polar surface area (TPSA) is 69.7 Å². The second-order valence-electron chi connectivity index (χ2n) is 10.1. The summed E-state index contributed by atoms with van der Waals surface area (Å²) in [4.78, 5) is 33.8. The molecule has 0 bridgehead atoms. The van der Waals surface area contributed by atoms with E-state index >= 15 is 0 Å². The van der Waals surface area contributed by atoms with Gasteiger partial charge in [-0.1, -0.05) is 80.8 Å². The van der Waals surface area contributed by atoms with E-state index in [0.29, 0.717) is 5.57 Å². The summed E-state index contributed by atoms with van der Waals surface area (Å²) in [5, 5.41) is 0. The van der Waals surface area contributed by atoms with Gasteiger partial charge in [-0.15, -0.1) is 0 Å². The third-order valence-electron chi connectivity index (χ3n) is 7.07. The lowest BCUT2D eigenvalue weighted by Crippen LogP contribution is -2.16. The average Bonchev–Trinajstić information content (AvgIpc) is 2.89. The zero-order valence-electron chi connectivity index (χ0n) is 21.6. The molecule has 0 heterocycles. The van der Waals surface area contributed by atoms with Crippen molar-refractivity contribution >= 4 is 17.7 Å². The lowest BCUT2D eigenvalue weighted by molar-refractivity contribution is -0.153. The van der Waals surface area contributed by atoms with Crippen LogP contribution in [0.5, 0.6) is 0 Å². The molecule has 192 valence electrons. The van der Waals surface area contributed by atoms with E-state index in [1.54, 1.807) is 6.92 Å². The van der Waals surface area contributed by atoms with Gasteiger partial charge in [-0.2, -0.15) is 0 Å². The molecule has 1 fully saturated rings. The molecule has 36 heavy (non-hydrogen) atoms. The lowest BCUT2D eigenvalue weighted by Gasteiger charge is -2.28. The third-order valence-corrected chi connectivity index (χ3v) is 7.07. The Labute approximate surface area is 214 Å². The Bertz CT molecular complexity index is 942. The van der Waals surface area contributed by atoms with Crippen LogP contribution in [0, 0.1) is 11.8 Å². The molecular formula is C31H38O5. The highest BCUT2D eigenvalue weighted by Crippen LogP contribution is 2.34. The van der Waals surface area contributed by atoms with Crippen molar-refractivity contribution in [2.75, 3.05) is 0 Å². The summed E-state index contributed by atoms with van der Waals surface area (Å²) in [5.74, 6) is -0.117. The number of ether oxygens (including phenoxy) is 2. The van der Waals surface area contributed by atoms with Gasteiger partial charge < -0.3 is 9.47 Å². The number of benzene rings is 2. The number of esters is 2. The van der Waals surface area contributed by atoms with E-state index in [1.165, 1.54) is 56.6 Å². The molecule has 5 heteroatoms. The highest BCUT2D eigenvalue weighted by molar-refractivity contribution is 6.32. The van der Waals surface area contributed by atoms with Crippen LogP contribution in [0.1, 0.15) is 74.6 Å². The molecule has 0 saturated heterocycles. The summed E-state index contributed by atoms with van der Waals surface area (Å²) in [7, 11) is 0. The van der Waals surface area contributed by atoms with Crippen molar-refractivity contribution in [3.8, 4) is 0 Å². The number of carbonyl (C=O) groups is 3. The highest BCUT2D eigenvalue weighted by Gasteiger charge is 2.21. The van der Waals surface area contributed by atoms with Gasteiger partial charge in [0.15, 0.2) is 0 Å². The maximum absolute atomic E-state index is 11.5. The number of aryl methyl sites for hydroxylation is 2. The van der Waals surface area contributed by atoms with Crippen LogP contribution < -0.4 is 0 Å². The van der Waals surface area contributed by atoms with Crippen LogP contribution >= 0.6 is 0 Å².